The molecule has 0 bridgehead atoms. The van der Waals surface area contributed by atoms with E-state index in [9.17, 15) is 0 Å². The van der Waals surface area contributed by atoms with Crippen molar-refractivity contribution in [2.75, 3.05) is 13.1 Å². The van der Waals surface area contributed by atoms with Crippen molar-refractivity contribution in [1.82, 2.24) is 5.32 Å². The third kappa shape index (κ3) is 2.05. The fraction of sp³-hybridized carbons (Fsp3) is 1.00. The summed E-state index contributed by atoms with van der Waals surface area (Å²) in [6, 6.07) is 0. The van der Waals surface area contributed by atoms with Crippen molar-refractivity contribution in [2.45, 2.75) is 57.0 Å². The molecule has 0 aromatic rings. The number of hydrogen-bond acceptors (Lipinski definition) is 3. The number of ether oxygens (including phenoxy) is 2. The highest BCUT2D eigenvalue weighted by atomic mass is 16.7. The van der Waals surface area contributed by atoms with Crippen LogP contribution >= 0.6 is 0 Å². The van der Waals surface area contributed by atoms with Gasteiger partial charge >= 0.3 is 0 Å². The Balaban J connectivity index is 1.59. The molecule has 2 saturated heterocycles. The fourth-order valence-corrected chi connectivity index (χ4v) is 3.10. The molecule has 3 unspecified atom stereocenters. The molecule has 0 amide bonds. The van der Waals surface area contributed by atoms with Gasteiger partial charge in [0.05, 0.1) is 12.2 Å². The van der Waals surface area contributed by atoms with E-state index in [-0.39, 0.29) is 6.29 Å². The molecule has 3 rings (SSSR count). The van der Waals surface area contributed by atoms with Gasteiger partial charge in [0.2, 0.25) is 0 Å². The van der Waals surface area contributed by atoms with E-state index >= 15 is 0 Å². The molecule has 3 nitrogen and oxygen atoms in total. The van der Waals surface area contributed by atoms with E-state index in [1.54, 1.807) is 0 Å². The molecule has 1 saturated carbocycles. The van der Waals surface area contributed by atoms with Crippen LogP contribution in [0.2, 0.25) is 0 Å². The minimum atomic E-state index is 0.111. The van der Waals surface area contributed by atoms with Gasteiger partial charge in [-0.3, -0.25) is 0 Å². The van der Waals surface area contributed by atoms with Crippen LogP contribution in [0.25, 0.3) is 0 Å². The monoisotopic (exact) mass is 211 g/mol. The normalized spacial score (nSPS) is 42.8. The van der Waals surface area contributed by atoms with Crippen molar-refractivity contribution >= 4 is 0 Å². The quantitative estimate of drug-likeness (QED) is 0.715. The Bertz CT molecular complexity index is 202. The summed E-state index contributed by atoms with van der Waals surface area (Å²) < 4.78 is 12.1. The van der Waals surface area contributed by atoms with Gasteiger partial charge in [-0.15, -0.1) is 0 Å². The number of hydrogen-bond donors (Lipinski definition) is 1. The second kappa shape index (κ2) is 4.40. The maximum atomic E-state index is 6.04. The van der Waals surface area contributed by atoms with Crippen LogP contribution in [0.3, 0.4) is 0 Å². The van der Waals surface area contributed by atoms with Gasteiger partial charge in [0.15, 0.2) is 6.29 Å². The first-order valence-corrected chi connectivity index (χ1v) is 6.45. The maximum absolute atomic E-state index is 6.04. The van der Waals surface area contributed by atoms with Crippen LogP contribution in [-0.4, -0.2) is 31.6 Å². The lowest BCUT2D eigenvalue weighted by atomic mass is 9.89. The fourth-order valence-electron chi connectivity index (χ4n) is 3.10. The zero-order valence-corrected chi connectivity index (χ0v) is 9.28. The van der Waals surface area contributed by atoms with Crippen molar-refractivity contribution in [3.05, 3.63) is 0 Å². The first-order valence-electron chi connectivity index (χ1n) is 6.45. The molecule has 0 aromatic heterocycles. The molecule has 2 aliphatic heterocycles. The number of piperidine rings is 1. The first kappa shape index (κ1) is 10.1. The van der Waals surface area contributed by atoms with Crippen molar-refractivity contribution < 1.29 is 9.47 Å². The van der Waals surface area contributed by atoms with E-state index in [0.29, 0.717) is 18.1 Å². The zero-order chi connectivity index (χ0) is 10.1. The Morgan fingerprint density at radius 3 is 2.47 bits per heavy atom. The van der Waals surface area contributed by atoms with Gasteiger partial charge in [0.25, 0.3) is 0 Å². The van der Waals surface area contributed by atoms with E-state index in [1.807, 2.05) is 0 Å². The van der Waals surface area contributed by atoms with Crippen LogP contribution in [0, 0.1) is 5.92 Å². The summed E-state index contributed by atoms with van der Waals surface area (Å²) in [5.74, 6) is 0.671. The topological polar surface area (TPSA) is 30.5 Å². The molecular formula is C12H21NO2. The Morgan fingerprint density at radius 1 is 0.867 bits per heavy atom. The van der Waals surface area contributed by atoms with Crippen molar-refractivity contribution in [1.29, 1.82) is 0 Å². The highest BCUT2D eigenvalue weighted by Gasteiger charge is 2.41. The maximum Gasteiger partial charge on any atom is 0.161 e. The van der Waals surface area contributed by atoms with Gasteiger partial charge < -0.3 is 14.8 Å². The van der Waals surface area contributed by atoms with Crippen LogP contribution in [0.4, 0.5) is 0 Å². The molecule has 86 valence electrons. The molecule has 1 aliphatic carbocycles. The van der Waals surface area contributed by atoms with Crippen LogP contribution in [-0.2, 0) is 9.47 Å². The number of fused-ring (bicyclic) bond motifs is 1. The van der Waals surface area contributed by atoms with Gasteiger partial charge in [0, 0.05) is 12.5 Å². The van der Waals surface area contributed by atoms with Crippen molar-refractivity contribution in [3.8, 4) is 0 Å². The van der Waals surface area contributed by atoms with Crippen molar-refractivity contribution in [3.63, 3.8) is 0 Å². The van der Waals surface area contributed by atoms with Gasteiger partial charge in [0.1, 0.15) is 0 Å². The predicted octanol–water partition coefficient (Wildman–Crippen LogP) is 1.67. The minimum Gasteiger partial charge on any atom is -0.346 e. The van der Waals surface area contributed by atoms with Crippen LogP contribution in [0.15, 0.2) is 0 Å². The van der Waals surface area contributed by atoms with E-state index in [0.717, 1.165) is 19.5 Å². The van der Waals surface area contributed by atoms with Gasteiger partial charge in [-0.2, -0.15) is 0 Å². The highest BCUT2D eigenvalue weighted by molar-refractivity contribution is 4.86. The molecule has 3 aliphatic rings. The number of rotatable bonds is 1. The lowest BCUT2D eigenvalue weighted by Gasteiger charge is -2.26. The third-order valence-corrected chi connectivity index (χ3v) is 4.02. The summed E-state index contributed by atoms with van der Waals surface area (Å²) in [7, 11) is 0. The second-order valence-electron chi connectivity index (χ2n) is 5.11. The molecule has 2 heterocycles. The Labute approximate surface area is 91.5 Å². The van der Waals surface area contributed by atoms with Crippen LogP contribution < -0.4 is 5.32 Å². The summed E-state index contributed by atoms with van der Waals surface area (Å²) in [5, 5.41) is 3.37. The average Bonchev–Trinajstić information content (AvgIpc) is 2.74. The molecule has 0 radical (unpaired) electrons. The lowest BCUT2D eigenvalue weighted by molar-refractivity contribution is -0.110. The van der Waals surface area contributed by atoms with Crippen molar-refractivity contribution in [2.24, 2.45) is 5.92 Å². The SMILES string of the molecule is C1CCC(C2OC3CCNCC3O2)CC1. The summed E-state index contributed by atoms with van der Waals surface area (Å²) in [6.45, 7) is 2.07. The molecule has 0 spiro atoms. The van der Waals surface area contributed by atoms with Crippen LogP contribution in [0.5, 0.6) is 0 Å². The van der Waals surface area contributed by atoms with E-state index in [1.165, 1.54) is 32.1 Å². The smallest absolute Gasteiger partial charge is 0.161 e. The molecule has 1 N–H and O–H groups in total. The summed E-state index contributed by atoms with van der Waals surface area (Å²) >= 11 is 0. The largest absolute Gasteiger partial charge is 0.346 e. The Kier molecular flexibility index (Phi) is 2.95. The zero-order valence-electron chi connectivity index (χ0n) is 9.28. The molecule has 3 fully saturated rings. The highest BCUT2D eigenvalue weighted by Crippen LogP contribution is 2.35. The lowest BCUT2D eigenvalue weighted by Crippen LogP contribution is -2.41. The Hall–Kier alpha value is -0.120. The minimum absolute atomic E-state index is 0.111. The molecule has 3 atom stereocenters. The molecule has 0 aromatic carbocycles. The summed E-state index contributed by atoms with van der Waals surface area (Å²) in [6.07, 6.45) is 8.66. The molecule has 3 heteroatoms. The number of nitrogens with one attached hydrogen (secondary N) is 1. The predicted molar refractivity (Wildman–Crippen MR) is 57.6 cm³/mol. The second-order valence-corrected chi connectivity index (χ2v) is 5.11. The van der Waals surface area contributed by atoms with Gasteiger partial charge in [-0.05, 0) is 25.8 Å². The Morgan fingerprint density at radius 2 is 1.67 bits per heavy atom. The summed E-state index contributed by atoms with van der Waals surface area (Å²) in [4.78, 5) is 0. The van der Waals surface area contributed by atoms with E-state index < -0.39 is 0 Å². The molecule has 15 heavy (non-hydrogen) atoms. The average molecular weight is 211 g/mol. The van der Waals surface area contributed by atoms with Gasteiger partial charge in [-0.25, -0.2) is 0 Å². The van der Waals surface area contributed by atoms with E-state index in [2.05, 4.69) is 5.32 Å². The summed E-state index contributed by atoms with van der Waals surface area (Å²) in [5.41, 5.74) is 0. The van der Waals surface area contributed by atoms with Gasteiger partial charge in [-0.1, -0.05) is 19.3 Å². The standard InChI is InChI=1S/C12H21NO2/c1-2-4-9(5-3-1)12-14-10-6-7-13-8-11(10)15-12/h9-13H,1-8H2. The van der Waals surface area contributed by atoms with Crippen LogP contribution in [0.1, 0.15) is 38.5 Å². The third-order valence-electron chi connectivity index (χ3n) is 4.02. The molecular weight excluding hydrogens is 190 g/mol. The van der Waals surface area contributed by atoms with E-state index in [4.69, 9.17) is 9.47 Å². The first-order chi connectivity index (χ1) is 7.43.